The molecule has 3 N–H and O–H groups in total. The second kappa shape index (κ2) is 4.14. The number of nitrogens with two attached hydrogens (primary N) is 1. The number of aryl methyl sites for hydroxylation is 3. The highest BCUT2D eigenvalue weighted by Crippen LogP contribution is 2.27. The molecule has 2 aromatic rings. The van der Waals surface area contributed by atoms with Crippen LogP contribution in [0, 0.1) is 0 Å². The third-order valence-electron chi connectivity index (χ3n) is 3.74. The van der Waals surface area contributed by atoms with Crippen molar-refractivity contribution in [2.45, 2.75) is 25.8 Å². The minimum absolute atomic E-state index is 0.0343. The van der Waals surface area contributed by atoms with Crippen LogP contribution in [-0.4, -0.2) is 9.78 Å². The standard InChI is InChI=1S/C14H17N3O/c1-17-14(18)12(8-15)13(16-17)11-6-5-9-3-2-4-10(9)7-11/h5-7,16H,2-4,8,15H2,1H3. The van der Waals surface area contributed by atoms with E-state index in [4.69, 9.17) is 5.73 Å². The van der Waals surface area contributed by atoms with Crippen LogP contribution in [0.25, 0.3) is 11.3 Å². The molecule has 0 aliphatic heterocycles. The van der Waals surface area contributed by atoms with Crippen molar-refractivity contribution in [1.82, 2.24) is 9.78 Å². The smallest absolute Gasteiger partial charge is 0.271 e. The predicted octanol–water partition coefficient (Wildman–Crippen LogP) is 1.33. The van der Waals surface area contributed by atoms with Gasteiger partial charge in [0.05, 0.1) is 11.3 Å². The number of rotatable bonds is 2. The molecule has 0 radical (unpaired) electrons. The Morgan fingerprint density at radius 2 is 2.11 bits per heavy atom. The van der Waals surface area contributed by atoms with Crippen LogP contribution in [-0.2, 0) is 26.4 Å². The zero-order valence-electron chi connectivity index (χ0n) is 10.5. The summed E-state index contributed by atoms with van der Waals surface area (Å²) in [7, 11) is 1.72. The minimum atomic E-state index is -0.0343. The van der Waals surface area contributed by atoms with Gasteiger partial charge in [-0.2, -0.15) is 0 Å². The largest absolute Gasteiger partial charge is 0.326 e. The van der Waals surface area contributed by atoms with E-state index in [1.165, 1.54) is 28.7 Å². The lowest BCUT2D eigenvalue weighted by molar-refractivity contribution is 0.739. The normalized spacial score (nSPS) is 13.9. The molecule has 0 unspecified atom stereocenters. The maximum Gasteiger partial charge on any atom is 0.271 e. The Balaban J connectivity index is 2.15. The van der Waals surface area contributed by atoms with Crippen molar-refractivity contribution >= 4 is 0 Å². The molecule has 94 valence electrons. The van der Waals surface area contributed by atoms with Gasteiger partial charge in [-0.3, -0.25) is 14.6 Å². The first-order valence-electron chi connectivity index (χ1n) is 6.31. The van der Waals surface area contributed by atoms with Gasteiger partial charge in [0.25, 0.3) is 5.56 Å². The molecule has 0 atom stereocenters. The molecule has 0 spiro atoms. The van der Waals surface area contributed by atoms with Crippen LogP contribution >= 0.6 is 0 Å². The molecule has 4 heteroatoms. The van der Waals surface area contributed by atoms with Crippen molar-refractivity contribution in [2.24, 2.45) is 12.8 Å². The average molecular weight is 243 g/mol. The second-order valence-corrected chi connectivity index (χ2v) is 4.87. The van der Waals surface area contributed by atoms with Gasteiger partial charge < -0.3 is 5.73 Å². The number of hydrogen-bond acceptors (Lipinski definition) is 2. The molecule has 1 aliphatic carbocycles. The van der Waals surface area contributed by atoms with Gasteiger partial charge in [-0.1, -0.05) is 12.1 Å². The van der Waals surface area contributed by atoms with Gasteiger partial charge in [-0.05, 0) is 36.5 Å². The molecule has 0 fully saturated rings. The summed E-state index contributed by atoms with van der Waals surface area (Å²) in [6, 6.07) is 6.44. The summed E-state index contributed by atoms with van der Waals surface area (Å²) in [6.45, 7) is 0.266. The number of fused-ring (bicyclic) bond motifs is 1. The Morgan fingerprint density at radius 3 is 2.89 bits per heavy atom. The monoisotopic (exact) mass is 243 g/mol. The van der Waals surface area contributed by atoms with E-state index in [9.17, 15) is 4.79 Å². The summed E-state index contributed by atoms with van der Waals surface area (Å²) < 4.78 is 1.49. The number of benzene rings is 1. The van der Waals surface area contributed by atoms with E-state index >= 15 is 0 Å². The number of nitrogens with one attached hydrogen (secondary N) is 1. The predicted molar refractivity (Wildman–Crippen MR) is 71.4 cm³/mol. The summed E-state index contributed by atoms with van der Waals surface area (Å²) in [5.41, 5.74) is 11.1. The van der Waals surface area contributed by atoms with Crippen molar-refractivity contribution in [2.75, 3.05) is 0 Å². The maximum absolute atomic E-state index is 11.9. The van der Waals surface area contributed by atoms with Crippen molar-refractivity contribution in [3.05, 3.63) is 45.2 Å². The molecule has 3 rings (SSSR count). The molecule has 1 aromatic carbocycles. The first kappa shape index (κ1) is 11.3. The number of aromatic amines is 1. The zero-order chi connectivity index (χ0) is 12.7. The maximum atomic E-state index is 11.9. The SMILES string of the molecule is Cn1[nH]c(-c2ccc3c(c2)CCC3)c(CN)c1=O. The van der Waals surface area contributed by atoms with E-state index in [2.05, 4.69) is 23.3 Å². The third-order valence-corrected chi connectivity index (χ3v) is 3.74. The summed E-state index contributed by atoms with van der Waals surface area (Å²) in [5, 5.41) is 3.10. The van der Waals surface area contributed by atoms with Gasteiger partial charge in [-0.25, -0.2) is 0 Å². The molecule has 1 heterocycles. The van der Waals surface area contributed by atoms with Gasteiger partial charge in [0, 0.05) is 19.2 Å². The van der Waals surface area contributed by atoms with Gasteiger partial charge in [0.2, 0.25) is 0 Å². The molecular weight excluding hydrogens is 226 g/mol. The van der Waals surface area contributed by atoms with Crippen LogP contribution in [0.4, 0.5) is 0 Å². The fourth-order valence-electron chi connectivity index (χ4n) is 2.75. The van der Waals surface area contributed by atoms with Crippen molar-refractivity contribution in [3.63, 3.8) is 0 Å². The van der Waals surface area contributed by atoms with Gasteiger partial charge in [0.1, 0.15) is 0 Å². The molecule has 0 amide bonds. The fourth-order valence-corrected chi connectivity index (χ4v) is 2.75. The molecule has 0 saturated heterocycles. The topological polar surface area (TPSA) is 63.8 Å². The average Bonchev–Trinajstić information content (AvgIpc) is 2.94. The van der Waals surface area contributed by atoms with Gasteiger partial charge >= 0.3 is 0 Å². The van der Waals surface area contributed by atoms with Gasteiger partial charge in [0.15, 0.2) is 0 Å². The lowest BCUT2D eigenvalue weighted by Gasteiger charge is -2.04. The highest BCUT2D eigenvalue weighted by molar-refractivity contribution is 5.64. The molecule has 18 heavy (non-hydrogen) atoms. The molecule has 1 aromatic heterocycles. The number of hydrogen-bond donors (Lipinski definition) is 2. The van der Waals surface area contributed by atoms with Crippen molar-refractivity contribution < 1.29 is 0 Å². The van der Waals surface area contributed by atoms with E-state index in [0.717, 1.165) is 17.7 Å². The van der Waals surface area contributed by atoms with E-state index in [-0.39, 0.29) is 12.1 Å². The highest BCUT2D eigenvalue weighted by atomic mass is 16.1. The lowest BCUT2D eigenvalue weighted by Crippen LogP contribution is -2.17. The van der Waals surface area contributed by atoms with Gasteiger partial charge in [-0.15, -0.1) is 0 Å². The summed E-state index contributed by atoms with van der Waals surface area (Å²) in [4.78, 5) is 11.9. The van der Waals surface area contributed by atoms with E-state index in [0.29, 0.717) is 5.56 Å². The van der Waals surface area contributed by atoms with E-state index < -0.39 is 0 Å². The van der Waals surface area contributed by atoms with Crippen LogP contribution < -0.4 is 11.3 Å². The van der Waals surface area contributed by atoms with Crippen molar-refractivity contribution in [3.8, 4) is 11.3 Å². The Labute approximate surface area is 105 Å². The second-order valence-electron chi connectivity index (χ2n) is 4.87. The van der Waals surface area contributed by atoms with E-state index in [1.54, 1.807) is 7.05 Å². The Hall–Kier alpha value is -1.81. The molecule has 0 saturated carbocycles. The van der Waals surface area contributed by atoms with Crippen LogP contribution in [0.3, 0.4) is 0 Å². The minimum Gasteiger partial charge on any atom is -0.326 e. The number of aromatic nitrogens is 2. The fraction of sp³-hybridized carbons (Fsp3) is 0.357. The molecular formula is C14H17N3O. The first-order chi connectivity index (χ1) is 8.70. The summed E-state index contributed by atoms with van der Waals surface area (Å²) in [5.74, 6) is 0. The van der Waals surface area contributed by atoms with Crippen molar-refractivity contribution in [1.29, 1.82) is 0 Å². The van der Waals surface area contributed by atoms with Crippen LogP contribution in [0.2, 0.25) is 0 Å². The first-order valence-corrected chi connectivity index (χ1v) is 6.31. The van der Waals surface area contributed by atoms with Crippen LogP contribution in [0.5, 0.6) is 0 Å². The lowest BCUT2D eigenvalue weighted by atomic mass is 10.0. The number of H-pyrrole nitrogens is 1. The highest BCUT2D eigenvalue weighted by Gasteiger charge is 2.16. The van der Waals surface area contributed by atoms with Crippen LogP contribution in [0.1, 0.15) is 23.1 Å². The Morgan fingerprint density at radius 1 is 1.33 bits per heavy atom. The van der Waals surface area contributed by atoms with Crippen LogP contribution in [0.15, 0.2) is 23.0 Å². The Kier molecular flexibility index (Phi) is 2.59. The Bertz CT molecular complexity index is 652. The number of nitrogens with zero attached hydrogens (tertiary/aromatic N) is 1. The molecule has 0 bridgehead atoms. The molecule has 1 aliphatic rings. The quantitative estimate of drug-likeness (QED) is 0.835. The summed E-state index contributed by atoms with van der Waals surface area (Å²) >= 11 is 0. The summed E-state index contributed by atoms with van der Waals surface area (Å²) in [6.07, 6.45) is 3.54. The zero-order valence-corrected chi connectivity index (χ0v) is 10.5. The molecule has 4 nitrogen and oxygen atoms in total. The van der Waals surface area contributed by atoms with E-state index in [1.807, 2.05) is 0 Å². The third kappa shape index (κ3) is 1.61.